The highest BCUT2D eigenvalue weighted by Gasteiger charge is 2.19. The standard InChI is InChI=1S/C17H13FN6O2/c1-10-13(12-4-7-19-15(26-2)14(12)18)8-11-9-22-24(17(25)23(10)11)16-20-5-3-6-21-16/h3-9H,1-2H3. The number of nitrogens with zero attached hydrogens (tertiary/aromatic N) is 6. The van der Waals surface area contributed by atoms with Gasteiger partial charge < -0.3 is 4.74 Å². The summed E-state index contributed by atoms with van der Waals surface area (Å²) in [4.78, 5) is 24.8. The predicted molar refractivity (Wildman–Crippen MR) is 90.9 cm³/mol. The zero-order valence-electron chi connectivity index (χ0n) is 13.9. The lowest BCUT2D eigenvalue weighted by Gasteiger charge is -2.06. The smallest absolute Gasteiger partial charge is 0.356 e. The molecule has 4 heterocycles. The van der Waals surface area contributed by atoms with Crippen LogP contribution in [-0.2, 0) is 0 Å². The third-order valence-electron chi connectivity index (χ3n) is 4.04. The van der Waals surface area contributed by atoms with Crippen LogP contribution in [0.3, 0.4) is 0 Å². The SMILES string of the molecule is COc1nccc(-c2cc3cnn(-c4ncccn4)c(=O)n3c2C)c1F. The molecular weight excluding hydrogens is 339 g/mol. The lowest BCUT2D eigenvalue weighted by Crippen LogP contribution is -2.29. The van der Waals surface area contributed by atoms with Gasteiger partial charge in [-0.05, 0) is 25.1 Å². The molecule has 0 aliphatic rings. The maximum absolute atomic E-state index is 14.6. The molecule has 0 aliphatic heterocycles. The normalized spacial score (nSPS) is 11.0. The zero-order chi connectivity index (χ0) is 18.3. The average Bonchev–Trinajstić information content (AvgIpc) is 3.00. The Bertz CT molecular complexity index is 1170. The first-order valence-electron chi connectivity index (χ1n) is 7.68. The van der Waals surface area contributed by atoms with Gasteiger partial charge in [-0.15, -0.1) is 4.68 Å². The van der Waals surface area contributed by atoms with Gasteiger partial charge in [0.25, 0.3) is 11.8 Å². The maximum atomic E-state index is 14.6. The summed E-state index contributed by atoms with van der Waals surface area (Å²) in [5.41, 5.74) is 1.49. The minimum atomic E-state index is -0.589. The number of methoxy groups -OCH3 is 1. The van der Waals surface area contributed by atoms with Crippen LogP contribution in [0.4, 0.5) is 4.39 Å². The molecular formula is C17H13FN6O2. The van der Waals surface area contributed by atoms with Crippen molar-refractivity contribution in [2.75, 3.05) is 7.11 Å². The fourth-order valence-corrected chi connectivity index (χ4v) is 2.83. The molecule has 0 saturated heterocycles. The fraction of sp³-hybridized carbons (Fsp3) is 0.118. The first-order chi connectivity index (χ1) is 12.6. The van der Waals surface area contributed by atoms with Crippen LogP contribution in [0.15, 0.2) is 47.8 Å². The Morgan fingerprint density at radius 2 is 1.88 bits per heavy atom. The van der Waals surface area contributed by atoms with E-state index in [0.29, 0.717) is 22.3 Å². The van der Waals surface area contributed by atoms with Crippen molar-refractivity contribution in [1.82, 2.24) is 29.1 Å². The molecule has 0 spiro atoms. The van der Waals surface area contributed by atoms with E-state index in [-0.39, 0.29) is 11.8 Å². The van der Waals surface area contributed by atoms with Crippen LogP contribution in [0, 0.1) is 12.7 Å². The highest BCUT2D eigenvalue weighted by Crippen LogP contribution is 2.31. The van der Waals surface area contributed by atoms with Gasteiger partial charge >= 0.3 is 5.69 Å². The summed E-state index contributed by atoms with van der Waals surface area (Å²) in [7, 11) is 1.35. The number of rotatable bonds is 3. The van der Waals surface area contributed by atoms with Crippen LogP contribution in [0.2, 0.25) is 0 Å². The van der Waals surface area contributed by atoms with Crippen LogP contribution in [0.1, 0.15) is 5.69 Å². The van der Waals surface area contributed by atoms with Crippen LogP contribution in [0.5, 0.6) is 5.88 Å². The van der Waals surface area contributed by atoms with Crippen molar-refractivity contribution in [1.29, 1.82) is 0 Å². The second-order valence-corrected chi connectivity index (χ2v) is 5.47. The van der Waals surface area contributed by atoms with Crippen LogP contribution in [-0.4, -0.2) is 36.2 Å². The molecule has 0 aromatic carbocycles. The van der Waals surface area contributed by atoms with Crippen LogP contribution >= 0.6 is 0 Å². The second-order valence-electron chi connectivity index (χ2n) is 5.47. The van der Waals surface area contributed by atoms with Gasteiger partial charge in [0.15, 0.2) is 5.82 Å². The van der Waals surface area contributed by atoms with Crippen molar-refractivity contribution in [3.05, 3.63) is 65.0 Å². The van der Waals surface area contributed by atoms with Crippen molar-refractivity contribution >= 4 is 5.52 Å². The molecule has 0 aliphatic carbocycles. The molecule has 9 heteroatoms. The molecule has 0 fully saturated rings. The monoisotopic (exact) mass is 352 g/mol. The van der Waals surface area contributed by atoms with Gasteiger partial charge in [-0.3, -0.25) is 4.40 Å². The van der Waals surface area contributed by atoms with E-state index in [1.165, 1.54) is 42.4 Å². The van der Waals surface area contributed by atoms with Gasteiger partial charge in [-0.1, -0.05) is 0 Å². The van der Waals surface area contributed by atoms with Gasteiger partial charge in [-0.2, -0.15) is 5.10 Å². The van der Waals surface area contributed by atoms with Gasteiger partial charge in [-0.25, -0.2) is 24.1 Å². The van der Waals surface area contributed by atoms with E-state index in [9.17, 15) is 9.18 Å². The maximum Gasteiger partial charge on any atom is 0.356 e. The lowest BCUT2D eigenvalue weighted by molar-refractivity contribution is 0.370. The van der Waals surface area contributed by atoms with Gasteiger partial charge in [0.2, 0.25) is 0 Å². The molecule has 0 bridgehead atoms. The Morgan fingerprint density at radius 3 is 2.62 bits per heavy atom. The number of halogens is 1. The van der Waals surface area contributed by atoms with Gasteiger partial charge in [0.1, 0.15) is 0 Å². The number of aryl methyl sites for hydroxylation is 1. The molecule has 26 heavy (non-hydrogen) atoms. The molecule has 8 nitrogen and oxygen atoms in total. The Labute approximate surface area is 146 Å². The van der Waals surface area contributed by atoms with E-state index in [1.807, 2.05) is 0 Å². The zero-order valence-corrected chi connectivity index (χ0v) is 13.9. The van der Waals surface area contributed by atoms with Gasteiger partial charge in [0, 0.05) is 35.4 Å². The van der Waals surface area contributed by atoms with E-state index >= 15 is 0 Å². The van der Waals surface area contributed by atoms with Crippen LogP contribution in [0.25, 0.3) is 22.6 Å². The molecule has 0 radical (unpaired) electrons. The summed E-state index contributed by atoms with van der Waals surface area (Å²) in [6.45, 7) is 1.73. The van der Waals surface area contributed by atoms with Crippen molar-refractivity contribution in [3.8, 4) is 23.0 Å². The summed E-state index contributed by atoms with van der Waals surface area (Å²) < 4.78 is 22.1. The molecule has 0 unspecified atom stereocenters. The minimum absolute atomic E-state index is 0.106. The van der Waals surface area contributed by atoms with Crippen molar-refractivity contribution in [2.45, 2.75) is 6.92 Å². The molecule has 4 rings (SSSR count). The number of hydrogen-bond donors (Lipinski definition) is 0. The van der Waals surface area contributed by atoms with Crippen LogP contribution < -0.4 is 10.4 Å². The Kier molecular flexibility index (Phi) is 3.68. The number of fused-ring (bicyclic) bond motifs is 1. The van der Waals surface area contributed by atoms with E-state index < -0.39 is 11.5 Å². The summed E-state index contributed by atoms with van der Waals surface area (Å²) in [5.74, 6) is -0.537. The molecule has 0 amide bonds. The molecule has 130 valence electrons. The second kappa shape index (κ2) is 6.03. The quantitative estimate of drug-likeness (QED) is 0.559. The third-order valence-corrected chi connectivity index (χ3v) is 4.04. The largest absolute Gasteiger partial charge is 0.479 e. The number of aromatic nitrogens is 6. The molecule has 4 aromatic rings. The first-order valence-corrected chi connectivity index (χ1v) is 7.68. The minimum Gasteiger partial charge on any atom is -0.479 e. The Balaban J connectivity index is 1.97. The molecule has 0 N–H and O–H groups in total. The Morgan fingerprint density at radius 1 is 1.12 bits per heavy atom. The highest BCUT2D eigenvalue weighted by molar-refractivity contribution is 5.74. The summed E-state index contributed by atoms with van der Waals surface area (Å²) in [6, 6.07) is 4.87. The van der Waals surface area contributed by atoms with Crippen molar-refractivity contribution in [3.63, 3.8) is 0 Å². The van der Waals surface area contributed by atoms with Gasteiger partial charge in [0.05, 0.1) is 18.8 Å². The van der Waals surface area contributed by atoms with E-state index in [4.69, 9.17) is 4.74 Å². The summed E-state index contributed by atoms with van der Waals surface area (Å²) in [5, 5.41) is 4.11. The molecule has 0 atom stereocenters. The van der Waals surface area contributed by atoms with E-state index in [1.54, 1.807) is 19.1 Å². The number of ether oxygens (including phenoxy) is 1. The summed E-state index contributed by atoms with van der Waals surface area (Å²) in [6.07, 6.45) is 6.00. The third kappa shape index (κ3) is 2.32. The van der Waals surface area contributed by atoms with Crippen molar-refractivity contribution in [2.24, 2.45) is 0 Å². The first kappa shape index (κ1) is 15.9. The number of pyridine rings is 1. The Hall–Kier alpha value is -3.62. The lowest BCUT2D eigenvalue weighted by atomic mass is 10.1. The highest BCUT2D eigenvalue weighted by atomic mass is 19.1. The van der Waals surface area contributed by atoms with Crippen molar-refractivity contribution < 1.29 is 9.13 Å². The molecule has 4 aromatic heterocycles. The average molecular weight is 352 g/mol. The van der Waals surface area contributed by atoms with E-state index in [2.05, 4.69) is 20.1 Å². The van der Waals surface area contributed by atoms with E-state index in [0.717, 1.165) is 4.68 Å². The topological polar surface area (TPSA) is 87.2 Å². The fourth-order valence-electron chi connectivity index (χ4n) is 2.83. The number of hydrogen-bond acceptors (Lipinski definition) is 6. The predicted octanol–water partition coefficient (Wildman–Crippen LogP) is 1.79. The summed E-state index contributed by atoms with van der Waals surface area (Å²) >= 11 is 0. The molecule has 0 saturated carbocycles.